The van der Waals surface area contributed by atoms with Gasteiger partial charge in [0, 0.05) is 54.8 Å². The Morgan fingerprint density at radius 3 is 1.76 bits per heavy atom. The molecule has 7 heterocycles. The van der Waals surface area contributed by atoms with Crippen molar-refractivity contribution in [2.45, 2.75) is 85.0 Å². The number of fused-ring (bicyclic) bond motifs is 4. The number of rotatable bonds is 11. The van der Waals surface area contributed by atoms with Crippen molar-refractivity contribution in [2.24, 2.45) is 5.92 Å². The molecule has 71 heavy (non-hydrogen) atoms. The molecular weight excluding hydrogens is 897 g/mol. The lowest BCUT2D eigenvalue weighted by Crippen LogP contribution is -2.28. The summed E-state index contributed by atoms with van der Waals surface area (Å²) in [5, 5.41) is 5.59. The molecule has 11 rings (SSSR count). The van der Waals surface area contributed by atoms with E-state index in [-0.39, 0.29) is 48.1 Å². The molecule has 7 aromatic rings. The van der Waals surface area contributed by atoms with Crippen LogP contribution in [0.2, 0.25) is 0 Å². The first kappa shape index (κ1) is 49.3. The Kier molecular flexibility index (Phi) is 16.3. The quantitative estimate of drug-likeness (QED) is 0.105. The van der Waals surface area contributed by atoms with E-state index in [1.807, 2.05) is 113 Å². The predicted octanol–water partition coefficient (Wildman–Crippen LogP) is 11.5. The number of carbonyl (C=O) groups excluding carboxylic acids is 4. The van der Waals surface area contributed by atoms with Gasteiger partial charge in [0.15, 0.2) is 5.78 Å². The molecule has 0 radical (unpaired) electrons. The van der Waals surface area contributed by atoms with Gasteiger partial charge < -0.3 is 34.6 Å². The number of ether oxygens (including phenoxy) is 4. The Balaban J connectivity index is 0.000000178. The van der Waals surface area contributed by atoms with E-state index in [1.165, 1.54) is 0 Å². The lowest BCUT2D eigenvalue weighted by molar-refractivity contribution is -0.124. The van der Waals surface area contributed by atoms with Gasteiger partial charge in [0.1, 0.15) is 57.7 Å². The Morgan fingerprint density at radius 1 is 0.620 bits per heavy atom. The highest BCUT2D eigenvalue weighted by molar-refractivity contribution is 5.98. The van der Waals surface area contributed by atoms with E-state index in [4.69, 9.17) is 18.9 Å². The van der Waals surface area contributed by atoms with Gasteiger partial charge in [-0.05, 0) is 90.9 Å². The SMILES string of the molecule is CC.CC.O=C1CCc2c(Oc3ccc4c(c3)CC(C(=O)CCC(=O)c3ccccc3)CO4)ccnc2N1.O=C1CCc2c(Oc3ccc4c(c3)CC(c3ncc(-c5ccccc5)[nH]3)CO4)ccnc2N1. The van der Waals surface area contributed by atoms with Gasteiger partial charge in [-0.3, -0.25) is 19.2 Å². The Hall–Kier alpha value is -8.13. The normalized spacial score (nSPS) is 15.9. The molecule has 0 saturated carbocycles. The maximum absolute atomic E-state index is 12.8. The summed E-state index contributed by atoms with van der Waals surface area (Å²) in [4.78, 5) is 65.0. The van der Waals surface area contributed by atoms with E-state index in [0.29, 0.717) is 79.8 Å². The molecule has 0 bridgehead atoms. The summed E-state index contributed by atoms with van der Waals surface area (Å²) in [5.41, 5.74) is 6.51. The van der Waals surface area contributed by atoms with Crippen LogP contribution in [0.4, 0.5) is 11.6 Å². The molecule has 0 saturated heterocycles. The number of nitrogens with zero attached hydrogens (tertiary/aromatic N) is 3. The summed E-state index contributed by atoms with van der Waals surface area (Å²) in [6.07, 6.45) is 8.87. The topological polar surface area (TPSA) is 184 Å². The summed E-state index contributed by atoms with van der Waals surface area (Å²) in [7, 11) is 0. The molecule has 3 aromatic heterocycles. The standard InChI is InChI=1S/C27H24N2O5.C26H22N4O3.2C2H6/c30-22(17-4-2-1-3-5-17)8-9-23(31)19-14-18-15-20(6-10-24(18)33-16-19)34-25-12-13-28-27-21(25)7-11-26(32)29-27;31-24-9-7-20-23(10-11-27-26(20)30-24)33-19-6-8-22-17(13-19)12-18(15-32-22)25-28-14-21(29-25)16-4-2-1-3-5-16;2*1-2/h1-6,10,12-13,15,19H,7-9,11,14,16H2,(H,28,29,32);1-6,8,10-11,13-14,18H,7,9,12,15H2,(H,28,29)(H,27,30,31);2*1-2H3. The van der Waals surface area contributed by atoms with Crippen LogP contribution in [-0.2, 0) is 40.1 Å². The van der Waals surface area contributed by atoms with Crippen LogP contribution in [0.1, 0.15) is 97.7 Å². The number of hydrogen-bond acceptors (Lipinski definition) is 11. The second-order valence-electron chi connectivity index (χ2n) is 16.8. The smallest absolute Gasteiger partial charge is 0.225 e. The summed E-state index contributed by atoms with van der Waals surface area (Å²) in [6.45, 7) is 8.88. The molecular formula is C57H58N6O8. The van der Waals surface area contributed by atoms with Gasteiger partial charge in [0.2, 0.25) is 11.8 Å². The number of pyridine rings is 2. The van der Waals surface area contributed by atoms with Crippen molar-refractivity contribution in [3.63, 3.8) is 0 Å². The van der Waals surface area contributed by atoms with E-state index < -0.39 is 0 Å². The zero-order valence-electron chi connectivity index (χ0n) is 40.5. The summed E-state index contributed by atoms with van der Waals surface area (Å²) < 4.78 is 24.2. The van der Waals surface area contributed by atoms with Crippen molar-refractivity contribution < 1.29 is 38.1 Å². The van der Waals surface area contributed by atoms with Gasteiger partial charge in [-0.25, -0.2) is 15.0 Å². The minimum Gasteiger partial charge on any atom is -0.493 e. The number of H-pyrrole nitrogens is 1. The molecule has 14 heteroatoms. The molecule has 4 aliphatic heterocycles. The highest BCUT2D eigenvalue weighted by atomic mass is 16.5. The minimum atomic E-state index is -0.296. The van der Waals surface area contributed by atoms with Crippen LogP contribution in [-0.4, -0.2) is 56.5 Å². The number of ketones is 2. The molecule has 364 valence electrons. The molecule has 2 amide bonds. The third-order valence-electron chi connectivity index (χ3n) is 12.3. The highest BCUT2D eigenvalue weighted by Gasteiger charge is 2.29. The van der Waals surface area contributed by atoms with Gasteiger partial charge in [0.05, 0.1) is 36.9 Å². The predicted molar refractivity (Wildman–Crippen MR) is 272 cm³/mol. The van der Waals surface area contributed by atoms with Crippen molar-refractivity contribution in [3.8, 4) is 45.8 Å². The van der Waals surface area contributed by atoms with E-state index in [1.54, 1.807) is 30.6 Å². The highest BCUT2D eigenvalue weighted by Crippen LogP contribution is 2.39. The second kappa shape index (κ2) is 23.5. The number of carbonyl (C=O) groups is 4. The van der Waals surface area contributed by atoms with Crippen LogP contribution >= 0.6 is 0 Å². The van der Waals surface area contributed by atoms with Gasteiger partial charge in [0.25, 0.3) is 0 Å². The first-order valence-corrected chi connectivity index (χ1v) is 24.4. The van der Waals surface area contributed by atoms with Gasteiger partial charge >= 0.3 is 0 Å². The van der Waals surface area contributed by atoms with Gasteiger partial charge in [-0.1, -0.05) is 88.4 Å². The molecule has 2 unspecified atom stereocenters. The minimum absolute atomic E-state index is 0.0162. The fourth-order valence-corrected chi connectivity index (χ4v) is 8.73. The molecule has 0 fully saturated rings. The maximum atomic E-state index is 12.8. The second-order valence-corrected chi connectivity index (χ2v) is 16.8. The Bertz CT molecular complexity index is 2990. The Morgan fingerprint density at radius 2 is 1.17 bits per heavy atom. The number of benzene rings is 4. The number of nitrogens with one attached hydrogen (secondary N) is 3. The van der Waals surface area contributed by atoms with E-state index in [9.17, 15) is 19.2 Å². The fraction of sp³-hybridized carbons (Fsp3) is 0.281. The summed E-state index contributed by atoms with van der Waals surface area (Å²) in [6, 6.07) is 34.3. The van der Waals surface area contributed by atoms with Crippen LogP contribution in [0.3, 0.4) is 0 Å². The zero-order chi connectivity index (χ0) is 49.7. The van der Waals surface area contributed by atoms with Crippen molar-refractivity contribution in [1.29, 1.82) is 0 Å². The molecule has 4 aromatic carbocycles. The van der Waals surface area contributed by atoms with Crippen molar-refractivity contribution >= 4 is 35.0 Å². The average molecular weight is 955 g/mol. The van der Waals surface area contributed by atoms with Crippen LogP contribution in [0.25, 0.3) is 11.3 Å². The third-order valence-corrected chi connectivity index (χ3v) is 12.3. The van der Waals surface area contributed by atoms with Crippen LogP contribution < -0.4 is 29.6 Å². The van der Waals surface area contributed by atoms with Crippen molar-refractivity contribution in [1.82, 2.24) is 19.9 Å². The third kappa shape index (κ3) is 12.0. The molecule has 2 atom stereocenters. The number of aromatic nitrogens is 4. The first-order valence-electron chi connectivity index (χ1n) is 24.4. The van der Waals surface area contributed by atoms with Gasteiger partial charge in [-0.2, -0.15) is 0 Å². The number of imidazole rings is 1. The lowest BCUT2D eigenvalue weighted by atomic mass is 9.90. The summed E-state index contributed by atoms with van der Waals surface area (Å²) >= 11 is 0. The van der Waals surface area contributed by atoms with Crippen LogP contribution in [0, 0.1) is 5.92 Å². The average Bonchev–Trinajstić information content (AvgIpc) is 3.92. The molecule has 3 N–H and O–H groups in total. The molecule has 0 spiro atoms. The number of hydrogen-bond donors (Lipinski definition) is 3. The maximum Gasteiger partial charge on any atom is 0.225 e. The monoisotopic (exact) mass is 954 g/mol. The molecule has 0 aliphatic carbocycles. The van der Waals surface area contributed by atoms with Crippen molar-refractivity contribution in [2.75, 3.05) is 23.8 Å². The van der Waals surface area contributed by atoms with Crippen LogP contribution in [0.5, 0.6) is 34.5 Å². The number of amides is 2. The zero-order valence-corrected chi connectivity index (χ0v) is 40.5. The van der Waals surface area contributed by atoms with Gasteiger partial charge in [-0.15, -0.1) is 0 Å². The lowest BCUT2D eigenvalue weighted by Gasteiger charge is -2.25. The number of Topliss-reactive ketones (excluding diaryl/α,β-unsaturated/α-hetero) is 2. The first-order chi connectivity index (χ1) is 34.8. The fourth-order valence-electron chi connectivity index (χ4n) is 8.73. The Labute approximate surface area is 413 Å². The van der Waals surface area contributed by atoms with E-state index >= 15 is 0 Å². The largest absolute Gasteiger partial charge is 0.493 e. The molecule has 14 nitrogen and oxygen atoms in total. The molecule has 4 aliphatic rings. The number of anilines is 2. The summed E-state index contributed by atoms with van der Waals surface area (Å²) in [5.74, 6) is 6.13. The van der Waals surface area contributed by atoms with E-state index in [0.717, 1.165) is 63.0 Å². The van der Waals surface area contributed by atoms with Crippen LogP contribution in [0.15, 0.2) is 128 Å². The number of aromatic amines is 1. The van der Waals surface area contributed by atoms with Crippen molar-refractivity contribution in [3.05, 3.63) is 161 Å². The van der Waals surface area contributed by atoms with E-state index in [2.05, 4.69) is 42.7 Å².